The van der Waals surface area contributed by atoms with Crippen LogP contribution in [0.5, 0.6) is 0 Å². The lowest BCUT2D eigenvalue weighted by molar-refractivity contribution is -0.136. The fraction of sp³-hybridized carbons (Fsp3) is 0.500. The number of amides is 3. The topological polar surface area (TPSA) is 87.7 Å². The second-order valence-corrected chi connectivity index (χ2v) is 7.71. The zero-order valence-electron chi connectivity index (χ0n) is 17.9. The molecule has 1 rings (SSSR count). The highest BCUT2D eigenvalue weighted by molar-refractivity contribution is 5.91. The van der Waals surface area contributed by atoms with Gasteiger partial charge in [-0.1, -0.05) is 49.6 Å². The maximum Gasteiger partial charge on any atom is 0.408 e. The largest absolute Gasteiger partial charge is 0.444 e. The van der Waals surface area contributed by atoms with Crippen LogP contribution < -0.4 is 10.6 Å². The summed E-state index contributed by atoms with van der Waals surface area (Å²) in [4.78, 5) is 38.3. The second-order valence-electron chi connectivity index (χ2n) is 7.71. The normalized spacial score (nSPS) is 11.7. The van der Waals surface area contributed by atoms with Crippen molar-refractivity contribution >= 4 is 17.9 Å². The van der Waals surface area contributed by atoms with Gasteiger partial charge in [-0.3, -0.25) is 14.5 Å². The number of terminal acetylenes is 1. The van der Waals surface area contributed by atoms with E-state index in [9.17, 15) is 14.4 Å². The molecule has 1 aromatic rings. The Labute approximate surface area is 173 Å². The van der Waals surface area contributed by atoms with Crippen LogP contribution in [0.25, 0.3) is 0 Å². The number of nitrogens with one attached hydrogen (secondary N) is 2. The van der Waals surface area contributed by atoms with E-state index in [4.69, 9.17) is 11.2 Å². The van der Waals surface area contributed by atoms with Crippen molar-refractivity contribution in [3.63, 3.8) is 0 Å². The van der Waals surface area contributed by atoms with Crippen LogP contribution in [0.1, 0.15) is 57.7 Å². The van der Waals surface area contributed by atoms with E-state index < -0.39 is 23.6 Å². The molecule has 0 fully saturated rings. The number of aryl methyl sites for hydroxylation is 1. The Morgan fingerprint density at radius 3 is 2.31 bits per heavy atom. The lowest BCUT2D eigenvalue weighted by Crippen LogP contribution is -2.46. The molecule has 1 aromatic carbocycles. The zero-order valence-corrected chi connectivity index (χ0v) is 17.9. The van der Waals surface area contributed by atoms with Gasteiger partial charge in [0.05, 0.1) is 0 Å². The van der Waals surface area contributed by atoms with Crippen LogP contribution in [0.2, 0.25) is 0 Å². The summed E-state index contributed by atoms with van der Waals surface area (Å²) in [5.74, 6) is -0.958. The van der Waals surface area contributed by atoms with Crippen molar-refractivity contribution in [2.45, 2.75) is 59.1 Å². The molecule has 1 atom stereocenters. The summed E-state index contributed by atoms with van der Waals surface area (Å²) in [5, 5.41) is 5.20. The second kappa shape index (κ2) is 11.1. The SMILES string of the molecule is C#CN(C(=O)CNC(=O)OC(C)(C)C)C(C(=O)NCCCC)c1ccc(C)cc1. The molecule has 0 aromatic heterocycles. The van der Waals surface area contributed by atoms with Gasteiger partial charge >= 0.3 is 6.09 Å². The number of nitrogens with zero attached hydrogens (tertiary/aromatic N) is 1. The number of hydrogen-bond donors (Lipinski definition) is 2. The predicted octanol–water partition coefficient (Wildman–Crippen LogP) is 2.90. The fourth-order valence-corrected chi connectivity index (χ4v) is 2.49. The lowest BCUT2D eigenvalue weighted by atomic mass is 10.0. The van der Waals surface area contributed by atoms with E-state index in [0.29, 0.717) is 12.1 Å². The van der Waals surface area contributed by atoms with Gasteiger partial charge in [-0.25, -0.2) is 4.79 Å². The standard InChI is InChI=1S/C22H31N3O4/c1-7-9-14-23-20(27)19(17-12-10-16(3)11-13-17)25(8-2)18(26)15-24-21(28)29-22(4,5)6/h2,10-13,19H,7,9,14-15H2,1,3-6H3,(H,23,27)(H,24,28). The van der Waals surface area contributed by atoms with Crippen molar-refractivity contribution in [1.29, 1.82) is 0 Å². The van der Waals surface area contributed by atoms with Crippen LogP contribution in [-0.2, 0) is 14.3 Å². The summed E-state index contributed by atoms with van der Waals surface area (Å²) in [5.41, 5.74) is 0.917. The Kier molecular flexibility index (Phi) is 9.20. The van der Waals surface area contributed by atoms with Gasteiger partial charge in [-0.2, -0.15) is 0 Å². The van der Waals surface area contributed by atoms with E-state index in [2.05, 4.69) is 16.7 Å². The van der Waals surface area contributed by atoms with Crippen LogP contribution >= 0.6 is 0 Å². The minimum atomic E-state index is -0.995. The van der Waals surface area contributed by atoms with Crippen molar-refractivity contribution in [3.8, 4) is 12.5 Å². The molecule has 1 unspecified atom stereocenters. The van der Waals surface area contributed by atoms with Gasteiger partial charge in [0.1, 0.15) is 18.2 Å². The predicted molar refractivity (Wildman–Crippen MR) is 112 cm³/mol. The summed E-state index contributed by atoms with van der Waals surface area (Å²) in [6.45, 7) is 9.20. The first-order chi connectivity index (χ1) is 13.6. The summed E-state index contributed by atoms with van der Waals surface area (Å²) in [6, 6.07) is 8.51. The van der Waals surface area contributed by atoms with Crippen LogP contribution in [-0.4, -0.2) is 41.5 Å². The average Bonchev–Trinajstić information content (AvgIpc) is 2.63. The molecule has 2 N–H and O–H groups in total. The number of rotatable bonds is 8. The van der Waals surface area contributed by atoms with Crippen LogP contribution in [0, 0.1) is 19.4 Å². The molecule has 0 saturated heterocycles. The van der Waals surface area contributed by atoms with E-state index in [1.807, 2.05) is 26.0 Å². The Morgan fingerprint density at radius 1 is 1.17 bits per heavy atom. The third kappa shape index (κ3) is 8.26. The van der Waals surface area contributed by atoms with Crippen molar-refractivity contribution in [2.75, 3.05) is 13.1 Å². The van der Waals surface area contributed by atoms with E-state index in [0.717, 1.165) is 23.3 Å². The zero-order chi connectivity index (χ0) is 22.0. The Morgan fingerprint density at radius 2 is 1.79 bits per heavy atom. The molecular formula is C22H31N3O4. The number of unbranched alkanes of at least 4 members (excludes halogenated alkanes) is 1. The fourth-order valence-electron chi connectivity index (χ4n) is 2.49. The highest BCUT2D eigenvalue weighted by Crippen LogP contribution is 2.21. The van der Waals surface area contributed by atoms with Crippen molar-refractivity contribution in [1.82, 2.24) is 15.5 Å². The molecule has 0 aliphatic carbocycles. The van der Waals surface area contributed by atoms with Crippen molar-refractivity contribution in [2.24, 2.45) is 0 Å². The number of benzene rings is 1. The van der Waals surface area contributed by atoms with E-state index in [-0.39, 0.29) is 12.5 Å². The van der Waals surface area contributed by atoms with Gasteiger partial charge in [0, 0.05) is 12.6 Å². The van der Waals surface area contributed by atoms with Crippen molar-refractivity contribution < 1.29 is 19.1 Å². The summed E-state index contributed by atoms with van der Waals surface area (Å²) >= 11 is 0. The van der Waals surface area contributed by atoms with Gasteiger partial charge in [0.25, 0.3) is 5.91 Å². The molecule has 0 heterocycles. The smallest absolute Gasteiger partial charge is 0.408 e. The number of carbonyl (C=O) groups excluding carboxylic acids is 3. The van der Waals surface area contributed by atoms with Gasteiger partial charge in [0.15, 0.2) is 0 Å². The maximum absolute atomic E-state index is 12.8. The van der Waals surface area contributed by atoms with Crippen LogP contribution in [0.4, 0.5) is 4.79 Å². The highest BCUT2D eigenvalue weighted by Gasteiger charge is 2.31. The number of carbonyl (C=O) groups is 3. The van der Waals surface area contributed by atoms with Crippen LogP contribution in [0.15, 0.2) is 24.3 Å². The molecule has 0 spiro atoms. The van der Waals surface area contributed by atoms with Crippen molar-refractivity contribution in [3.05, 3.63) is 35.4 Å². The number of alkyl carbamates (subject to hydrolysis) is 1. The van der Waals surface area contributed by atoms with E-state index >= 15 is 0 Å². The summed E-state index contributed by atoms with van der Waals surface area (Å²) in [6.07, 6.45) is 6.58. The lowest BCUT2D eigenvalue weighted by Gasteiger charge is -2.27. The number of ether oxygens (including phenoxy) is 1. The molecule has 0 aliphatic heterocycles. The Balaban J connectivity index is 2.99. The molecular weight excluding hydrogens is 370 g/mol. The quantitative estimate of drug-likeness (QED) is 0.398. The molecule has 0 radical (unpaired) electrons. The maximum atomic E-state index is 12.8. The molecule has 0 bridgehead atoms. The molecule has 3 amide bonds. The molecule has 7 heteroatoms. The molecule has 158 valence electrons. The van der Waals surface area contributed by atoms with Gasteiger partial charge in [-0.15, -0.1) is 0 Å². The monoisotopic (exact) mass is 401 g/mol. The van der Waals surface area contributed by atoms with Crippen LogP contribution in [0.3, 0.4) is 0 Å². The summed E-state index contributed by atoms with van der Waals surface area (Å²) < 4.78 is 5.12. The average molecular weight is 402 g/mol. The summed E-state index contributed by atoms with van der Waals surface area (Å²) in [7, 11) is 0. The first kappa shape index (κ1) is 24.0. The first-order valence-electron chi connectivity index (χ1n) is 9.68. The Hall–Kier alpha value is -3.01. The van der Waals surface area contributed by atoms with E-state index in [1.54, 1.807) is 32.9 Å². The third-order valence-electron chi connectivity index (χ3n) is 3.92. The molecule has 0 aliphatic rings. The molecule has 7 nitrogen and oxygen atoms in total. The Bertz CT molecular complexity index is 745. The van der Waals surface area contributed by atoms with Gasteiger partial charge in [-0.05, 0) is 39.7 Å². The third-order valence-corrected chi connectivity index (χ3v) is 3.92. The molecule has 0 saturated carbocycles. The van der Waals surface area contributed by atoms with Gasteiger partial charge in [0.2, 0.25) is 5.91 Å². The number of hydrogen-bond acceptors (Lipinski definition) is 4. The molecule has 29 heavy (non-hydrogen) atoms. The van der Waals surface area contributed by atoms with Gasteiger partial charge < -0.3 is 15.4 Å². The minimum Gasteiger partial charge on any atom is -0.444 e. The first-order valence-corrected chi connectivity index (χ1v) is 9.68. The highest BCUT2D eigenvalue weighted by atomic mass is 16.6. The van der Waals surface area contributed by atoms with E-state index in [1.165, 1.54) is 0 Å². The minimum absolute atomic E-state index is 0.370.